The van der Waals surface area contributed by atoms with Crippen molar-refractivity contribution in [3.63, 3.8) is 0 Å². The van der Waals surface area contributed by atoms with Crippen LogP contribution in [0.5, 0.6) is 5.88 Å². The molecule has 186 valence electrons. The minimum absolute atomic E-state index is 0.393. The summed E-state index contributed by atoms with van der Waals surface area (Å²) in [6, 6.07) is 10.2. The average molecular weight is 514 g/mol. The van der Waals surface area contributed by atoms with Gasteiger partial charge in [0.25, 0.3) is 0 Å². The number of halogens is 1. The number of imidazole rings is 1. The van der Waals surface area contributed by atoms with Crippen molar-refractivity contribution >= 4 is 22.7 Å². The molecule has 10 heteroatoms. The molecule has 9 nitrogen and oxygen atoms in total. The second kappa shape index (κ2) is 8.93. The molecule has 0 amide bonds. The highest BCUT2D eigenvalue weighted by molar-refractivity contribution is 6.30. The minimum atomic E-state index is 0.393. The molecule has 1 aromatic carbocycles. The van der Waals surface area contributed by atoms with Crippen LogP contribution in [0, 0.1) is 0 Å². The third-order valence-corrected chi connectivity index (χ3v) is 7.31. The van der Waals surface area contributed by atoms with Crippen molar-refractivity contribution in [1.29, 1.82) is 0 Å². The lowest BCUT2D eigenvalue weighted by Crippen LogP contribution is -2.28. The largest absolute Gasteiger partial charge is 0.480 e. The maximum atomic E-state index is 6.39. The van der Waals surface area contributed by atoms with Gasteiger partial charge in [0.1, 0.15) is 23.2 Å². The monoisotopic (exact) mass is 513 g/mol. The summed E-state index contributed by atoms with van der Waals surface area (Å²) in [6.07, 6.45) is 6.11. The third kappa shape index (κ3) is 3.95. The number of rotatable bonds is 6. The van der Waals surface area contributed by atoms with Crippen LogP contribution in [0.25, 0.3) is 33.9 Å². The fourth-order valence-electron chi connectivity index (χ4n) is 4.99. The average Bonchev–Trinajstić information content (AvgIpc) is 3.61. The van der Waals surface area contributed by atoms with E-state index in [0.29, 0.717) is 34.8 Å². The number of methoxy groups -OCH3 is 1. The normalized spacial score (nSPS) is 15.2. The summed E-state index contributed by atoms with van der Waals surface area (Å²) in [6.45, 7) is 2.50. The highest BCUT2D eigenvalue weighted by Gasteiger charge is 2.32. The number of pyridine rings is 1. The summed E-state index contributed by atoms with van der Waals surface area (Å²) in [7, 11) is 1.60. The van der Waals surface area contributed by atoms with E-state index in [-0.39, 0.29) is 0 Å². The van der Waals surface area contributed by atoms with Gasteiger partial charge in [0.2, 0.25) is 11.8 Å². The van der Waals surface area contributed by atoms with Gasteiger partial charge in [0, 0.05) is 43.7 Å². The van der Waals surface area contributed by atoms with E-state index in [0.717, 1.165) is 77.6 Å². The number of ether oxygens (including phenoxy) is 1. The number of oxazole rings is 1. The van der Waals surface area contributed by atoms with E-state index in [9.17, 15) is 0 Å². The van der Waals surface area contributed by atoms with Crippen LogP contribution in [0.4, 0.5) is 0 Å². The first-order valence-electron chi connectivity index (χ1n) is 12.4. The summed E-state index contributed by atoms with van der Waals surface area (Å²) in [5.41, 5.74) is 7.08. The molecule has 2 aliphatic rings. The molecule has 1 aliphatic carbocycles. The number of nitrogens with one attached hydrogen (secondary N) is 1. The predicted molar refractivity (Wildman–Crippen MR) is 139 cm³/mol. The third-order valence-electron chi connectivity index (χ3n) is 7.00. The van der Waals surface area contributed by atoms with Crippen LogP contribution in [-0.2, 0) is 19.5 Å². The Kier molecular flexibility index (Phi) is 5.40. The van der Waals surface area contributed by atoms with Crippen molar-refractivity contribution in [3.05, 3.63) is 70.7 Å². The van der Waals surface area contributed by atoms with Crippen LogP contribution >= 0.6 is 11.6 Å². The quantitative estimate of drug-likeness (QED) is 0.346. The number of aromatic nitrogens is 6. The topological polar surface area (TPSA) is 104 Å². The van der Waals surface area contributed by atoms with Gasteiger partial charge in [0.15, 0.2) is 10.7 Å². The second-order valence-electron chi connectivity index (χ2n) is 9.42. The van der Waals surface area contributed by atoms with Gasteiger partial charge in [-0.05, 0) is 24.5 Å². The number of benzene rings is 1. The first kappa shape index (κ1) is 22.4. The highest BCUT2D eigenvalue weighted by atomic mass is 35.5. The Morgan fingerprint density at radius 2 is 1.97 bits per heavy atom. The van der Waals surface area contributed by atoms with Crippen molar-refractivity contribution in [2.24, 2.45) is 0 Å². The lowest BCUT2D eigenvalue weighted by Gasteiger charge is -2.18. The molecule has 0 spiro atoms. The molecule has 0 bridgehead atoms. The lowest BCUT2D eigenvalue weighted by molar-refractivity contribution is 0.396. The van der Waals surface area contributed by atoms with E-state index in [2.05, 4.69) is 54.1 Å². The van der Waals surface area contributed by atoms with Crippen molar-refractivity contribution in [2.45, 2.75) is 38.3 Å². The zero-order valence-electron chi connectivity index (χ0n) is 20.2. The summed E-state index contributed by atoms with van der Waals surface area (Å²) in [5.74, 6) is 2.24. The van der Waals surface area contributed by atoms with Crippen LogP contribution in [0.15, 0.2) is 47.3 Å². The van der Waals surface area contributed by atoms with Crippen molar-refractivity contribution in [2.75, 3.05) is 13.7 Å². The van der Waals surface area contributed by atoms with E-state index in [1.54, 1.807) is 19.6 Å². The SMILES string of the molecule is COc1ncnc(C2CC2)c1-c1nc2ccnc(Cc3ccc(-c4nc(Cl)c5n4CCNC5)cc3)c2o1. The number of nitrogens with zero attached hydrogens (tertiary/aromatic N) is 6. The molecule has 7 rings (SSSR count). The zero-order valence-corrected chi connectivity index (χ0v) is 21.0. The van der Waals surface area contributed by atoms with E-state index >= 15 is 0 Å². The summed E-state index contributed by atoms with van der Waals surface area (Å²) < 4.78 is 14.0. The van der Waals surface area contributed by atoms with Crippen molar-refractivity contribution < 1.29 is 9.15 Å². The summed E-state index contributed by atoms with van der Waals surface area (Å²) in [5, 5.41) is 3.91. The van der Waals surface area contributed by atoms with Gasteiger partial charge >= 0.3 is 0 Å². The predicted octanol–water partition coefficient (Wildman–Crippen LogP) is 4.78. The fraction of sp³-hybridized carbons (Fsp3) is 0.296. The van der Waals surface area contributed by atoms with Crippen molar-refractivity contribution in [1.82, 2.24) is 34.8 Å². The highest BCUT2D eigenvalue weighted by Crippen LogP contribution is 2.45. The van der Waals surface area contributed by atoms with E-state index in [1.165, 1.54) is 0 Å². The Balaban J connectivity index is 1.21. The fourth-order valence-corrected chi connectivity index (χ4v) is 5.24. The Hall–Kier alpha value is -3.82. The molecule has 1 N–H and O–H groups in total. The Bertz CT molecular complexity index is 1620. The molecule has 37 heavy (non-hydrogen) atoms. The van der Waals surface area contributed by atoms with Crippen LogP contribution in [0.3, 0.4) is 0 Å². The van der Waals surface area contributed by atoms with Gasteiger partial charge in [-0.2, -0.15) is 0 Å². The molecule has 0 saturated heterocycles. The van der Waals surface area contributed by atoms with Crippen LogP contribution < -0.4 is 10.1 Å². The molecule has 1 aliphatic heterocycles. The van der Waals surface area contributed by atoms with Crippen LogP contribution in [0.2, 0.25) is 5.15 Å². The van der Waals surface area contributed by atoms with Gasteiger partial charge in [-0.25, -0.2) is 19.9 Å². The number of fused-ring (bicyclic) bond motifs is 2. The van der Waals surface area contributed by atoms with Gasteiger partial charge in [-0.1, -0.05) is 35.9 Å². The van der Waals surface area contributed by atoms with E-state index in [4.69, 9.17) is 25.7 Å². The Morgan fingerprint density at radius 1 is 1.11 bits per heavy atom. The van der Waals surface area contributed by atoms with Crippen LogP contribution in [-0.4, -0.2) is 43.1 Å². The van der Waals surface area contributed by atoms with Crippen LogP contribution in [0.1, 0.15) is 41.4 Å². The summed E-state index contributed by atoms with van der Waals surface area (Å²) in [4.78, 5) is 22.8. The molecule has 0 atom stereocenters. The molecule has 4 aromatic heterocycles. The molecule has 0 radical (unpaired) electrons. The second-order valence-corrected chi connectivity index (χ2v) is 9.78. The molecule has 1 fully saturated rings. The number of hydrogen-bond acceptors (Lipinski definition) is 8. The first-order chi connectivity index (χ1) is 18.2. The maximum absolute atomic E-state index is 6.39. The zero-order chi connectivity index (χ0) is 24.9. The van der Waals surface area contributed by atoms with E-state index < -0.39 is 0 Å². The molecule has 5 heterocycles. The molecule has 0 unspecified atom stereocenters. The summed E-state index contributed by atoms with van der Waals surface area (Å²) >= 11 is 6.39. The van der Waals surface area contributed by atoms with Gasteiger partial charge in [-0.15, -0.1) is 0 Å². The van der Waals surface area contributed by atoms with Gasteiger partial charge in [-0.3, -0.25) is 4.98 Å². The smallest absolute Gasteiger partial charge is 0.234 e. The minimum Gasteiger partial charge on any atom is -0.480 e. The molecule has 1 saturated carbocycles. The van der Waals surface area contributed by atoms with Gasteiger partial charge in [0.05, 0.1) is 24.2 Å². The molecule has 5 aromatic rings. The van der Waals surface area contributed by atoms with E-state index in [1.807, 2.05) is 6.07 Å². The van der Waals surface area contributed by atoms with Gasteiger partial charge < -0.3 is 19.0 Å². The van der Waals surface area contributed by atoms with Crippen molar-refractivity contribution in [3.8, 4) is 28.7 Å². The Labute approximate surface area is 217 Å². The molecular weight excluding hydrogens is 490 g/mol. The number of hydrogen-bond donors (Lipinski definition) is 1. The standard InChI is InChI=1S/C27H24ClN7O2/c1-36-26-21(22(16-6-7-16)31-14-32-26)27-33-18-8-9-30-19(23(18)37-27)12-15-2-4-17(5-3-15)25-34-24(28)20-13-29-10-11-35(20)25/h2-5,8-9,14,16,29H,6-7,10-13H2,1H3. The maximum Gasteiger partial charge on any atom is 0.234 e. The Morgan fingerprint density at radius 3 is 2.78 bits per heavy atom. The molecular formula is C27H24ClN7O2. The first-order valence-corrected chi connectivity index (χ1v) is 12.8. The lowest BCUT2D eigenvalue weighted by atomic mass is 10.1.